The van der Waals surface area contributed by atoms with Crippen molar-refractivity contribution in [2.24, 2.45) is 5.92 Å². The number of benzene rings is 1. The van der Waals surface area contributed by atoms with Gasteiger partial charge < -0.3 is 5.11 Å². The summed E-state index contributed by atoms with van der Waals surface area (Å²) in [5.74, 6) is 1.93. The summed E-state index contributed by atoms with van der Waals surface area (Å²) in [4.78, 5) is 1.36. The maximum atomic E-state index is 9.59. The van der Waals surface area contributed by atoms with Crippen LogP contribution in [0.4, 0.5) is 0 Å². The van der Waals surface area contributed by atoms with E-state index < -0.39 is 0 Å². The zero-order chi connectivity index (χ0) is 11.2. The minimum atomic E-state index is -0.0273. The Hall–Kier alpha value is -0.470. The molecule has 1 nitrogen and oxygen atoms in total. The van der Waals surface area contributed by atoms with Crippen molar-refractivity contribution in [3.63, 3.8) is 0 Å². The van der Waals surface area contributed by atoms with E-state index in [9.17, 15) is 5.11 Å². The lowest BCUT2D eigenvalue weighted by Crippen LogP contribution is -2.19. The lowest BCUT2D eigenvalue weighted by atomic mass is 9.86. The van der Waals surface area contributed by atoms with E-state index in [1.807, 2.05) is 11.8 Å². The molecule has 1 saturated carbocycles. The summed E-state index contributed by atoms with van der Waals surface area (Å²) in [5, 5.41) is 9.59. The van der Waals surface area contributed by atoms with Crippen molar-refractivity contribution in [1.82, 2.24) is 0 Å². The summed E-state index contributed by atoms with van der Waals surface area (Å²) in [5.41, 5.74) is 0. The number of thioether (sulfide) groups is 1. The SMILES string of the molecule is OC1CCCC(CCSc2ccccc2)C1. The van der Waals surface area contributed by atoms with E-state index in [1.165, 1.54) is 29.9 Å². The van der Waals surface area contributed by atoms with Gasteiger partial charge in [0.25, 0.3) is 0 Å². The van der Waals surface area contributed by atoms with Crippen molar-refractivity contribution in [2.75, 3.05) is 5.75 Å². The molecule has 0 heterocycles. The van der Waals surface area contributed by atoms with Gasteiger partial charge in [-0.1, -0.05) is 31.0 Å². The molecule has 0 spiro atoms. The molecule has 1 aliphatic rings. The summed E-state index contributed by atoms with van der Waals surface area (Å²) >= 11 is 1.93. The molecule has 0 bridgehead atoms. The van der Waals surface area contributed by atoms with Gasteiger partial charge in [0, 0.05) is 4.90 Å². The third-order valence-corrected chi connectivity index (χ3v) is 4.34. The monoisotopic (exact) mass is 236 g/mol. The molecule has 1 aliphatic carbocycles. The van der Waals surface area contributed by atoms with Crippen molar-refractivity contribution in [3.05, 3.63) is 30.3 Å². The topological polar surface area (TPSA) is 20.2 Å². The third-order valence-electron chi connectivity index (χ3n) is 3.29. The summed E-state index contributed by atoms with van der Waals surface area (Å²) in [6.45, 7) is 0. The highest BCUT2D eigenvalue weighted by molar-refractivity contribution is 7.99. The van der Waals surface area contributed by atoms with Crippen LogP contribution < -0.4 is 0 Å². The number of hydrogen-bond acceptors (Lipinski definition) is 2. The van der Waals surface area contributed by atoms with Crippen molar-refractivity contribution in [2.45, 2.75) is 43.1 Å². The Morgan fingerprint density at radius 2 is 2.00 bits per heavy atom. The van der Waals surface area contributed by atoms with Gasteiger partial charge in [0.1, 0.15) is 0 Å². The molecule has 2 heteroatoms. The van der Waals surface area contributed by atoms with Crippen LogP contribution in [-0.4, -0.2) is 17.0 Å². The quantitative estimate of drug-likeness (QED) is 0.804. The number of hydrogen-bond donors (Lipinski definition) is 1. The second-order valence-corrected chi connectivity index (χ2v) is 5.80. The second-order valence-electron chi connectivity index (χ2n) is 4.64. The van der Waals surface area contributed by atoms with Crippen molar-refractivity contribution in [1.29, 1.82) is 0 Å². The van der Waals surface area contributed by atoms with E-state index in [4.69, 9.17) is 0 Å². The predicted molar refractivity (Wildman–Crippen MR) is 69.7 cm³/mol. The third kappa shape index (κ3) is 3.84. The first kappa shape index (κ1) is 12.0. The van der Waals surface area contributed by atoms with Crippen LogP contribution >= 0.6 is 11.8 Å². The van der Waals surface area contributed by atoms with Gasteiger partial charge in [-0.05, 0) is 43.1 Å². The summed E-state index contributed by atoms with van der Waals surface area (Å²) in [6.07, 6.45) is 5.78. The molecule has 1 N–H and O–H groups in total. The van der Waals surface area contributed by atoms with Crippen LogP contribution in [0.25, 0.3) is 0 Å². The van der Waals surface area contributed by atoms with E-state index in [0.717, 1.165) is 18.8 Å². The molecule has 2 unspecified atom stereocenters. The van der Waals surface area contributed by atoms with Crippen LogP contribution in [0.1, 0.15) is 32.1 Å². The van der Waals surface area contributed by atoms with Gasteiger partial charge in [-0.15, -0.1) is 11.8 Å². The fourth-order valence-electron chi connectivity index (χ4n) is 2.38. The highest BCUT2D eigenvalue weighted by atomic mass is 32.2. The number of aliphatic hydroxyl groups is 1. The molecule has 0 radical (unpaired) electrons. The fraction of sp³-hybridized carbons (Fsp3) is 0.571. The normalized spacial score (nSPS) is 25.6. The summed E-state index contributed by atoms with van der Waals surface area (Å²) < 4.78 is 0. The molecule has 0 aromatic heterocycles. The largest absolute Gasteiger partial charge is 0.393 e. The zero-order valence-electron chi connectivity index (χ0n) is 9.64. The van der Waals surface area contributed by atoms with E-state index >= 15 is 0 Å². The van der Waals surface area contributed by atoms with Crippen LogP contribution in [0.3, 0.4) is 0 Å². The molecule has 0 amide bonds. The highest BCUT2D eigenvalue weighted by Crippen LogP contribution is 2.29. The Morgan fingerprint density at radius 3 is 2.75 bits per heavy atom. The molecule has 1 aromatic carbocycles. The molecule has 2 atom stereocenters. The summed E-state index contributed by atoms with van der Waals surface area (Å²) in [6, 6.07) is 10.6. The standard InChI is InChI=1S/C14H20OS/c15-13-6-4-5-12(11-13)9-10-16-14-7-2-1-3-8-14/h1-3,7-8,12-13,15H,4-6,9-11H2. The molecular weight excluding hydrogens is 216 g/mol. The van der Waals surface area contributed by atoms with E-state index in [0.29, 0.717) is 0 Å². The van der Waals surface area contributed by atoms with Crippen LogP contribution in [-0.2, 0) is 0 Å². The van der Waals surface area contributed by atoms with Crippen molar-refractivity contribution < 1.29 is 5.11 Å². The van der Waals surface area contributed by atoms with E-state index in [1.54, 1.807) is 0 Å². The van der Waals surface area contributed by atoms with Gasteiger partial charge in [-0.25, -0.2) is 0 Å². The average molecular weight is 236 g/mol. The molecular formula is C14H20OS. The predicted octanol–water partition coefficient (Wildman–Crippen LogP) is 3.72. The summed E-state index contributed by atoms with van der Waals surface area (Å²) in [7, 11) is 0. The number of rotatable bonds is 4. The van der Waals surface area contributed by atoms with Crippen LogP contribution in [0.15, 0.2) is 35.2 Å². The van der Waals surface area contributed by atoms with Crippen LogP contribution in [0, 0.1) is 5.92 Å². The van der Waals surface area contributed by atoms with E-state index in [2.05, 4.69) is 30.3 Å². The Labute approximate surface area is 102 Å². The lowest BCUT2D eigenvalue weighted by molar-refractivity contribution is 0.100. The maximum Gasteiger partial charge on any atom is 0.0542 e. The molecule has 16 heavy (non-hydrogen) atoms. The second kappa shape index (κ2) is 6.31. The van der Waals surface area contributed by atoms with Crippen LogP contribution in [0.2, 0.25) is 0 Å². The minimum Gasteiger partial charge on any atom is -0.393 e. The first-order valence-electron chi connectivity index (χ1n) is 6.20. The molecule has 1 aromatic rings. The lowest BCUT2D eigenvalue weighted by Gasteiger charge is -2.25. The Balaban J connectivity index is 1.68. The maximum absolute atomic E-state index is 9.59. The number of aliphatic hydroxyl groups excluding tert-OH is 1. The smallest absolute Gasteiger partial charge is 0.0542 e. The Morgan fingerprint density at radius 1 is 1.19 bits per heavy atom. The van der Waals surface area contributed by atoms with Gasteiger partial charge >= 0.3 is 0 Å². The first-order valence-corrected chi connectivity index (χ1v) is 7.19. The molecule has 1 fully saturated rings. The van der Waals surface area contributed by atoms with Gasteiger partial charge in [-0.2, -0.15) is 0 Å². The van der Waals surface area contributed by atoms with Crippen molar-refractivity contribution >= 4 is 11.8 Å². The molecule has 2 rings (SSSR count). The van der Waals surface area contributed by atoms with Gasteiger partial charge in [0.15, 0.2) is 0 Å². The van der Waals surface area contributed by atoms with Gasteiger partial charge in [0.2, 0.25) is 0 Å². The van der Waals surface area contributed by atoms with Gasteiger partial charge in [0.05, 0.1) is 6.10 Å². The first-order chi connectivity index (χ1) is 7.84. The fourth-order valence-corrected chi connectivity index (χ4v) is 3.42. The molecule has 0 aliphatic heterocycles. The Bertz CT molecular complexity index is 299. The highest BCUT2D eigenvalue weighted by Gasteiger charge is 2.19. The molecule has 0 saturated heterocycles. The minimum absolute atomic E-state index is 0.0273. The average Bonchev–Trinajstić information content (AvgIpc) is 2.30. The van der Waals surface area contributed by atoms with Crippen molar-refractivity contribution in [3.8, 4) is 0 Å². The van der Waals surface area contributed by atoms with Gasteiger partial charge in [-0.3, -0.25) is 0 Å². The molecule has 88 valence electrons. The zero-order valence-corrected chi connectivity index (χ0v) is 10.5. The van der Waals surface area contributed by atoms with E-state index in [-0.39, 0.29) is 6.10 Å². The Kier molecular flexibility index (Phi) is 4.73. The van der Waals surface area contributed by atoms with Crippen LogP contribution in [0.5, 0.6) is 0 Å².